The number of fused-ring (bicyclic) bond motifs is 1. The van der Waals surface area contributed by atoms with Crippen LogP contribution in [0.3, 0.4) is 0 Å². The Bertz CT molecular complexity index is 523. The van der Waals surface area contributed by atoms with Crippen LogP contribution in [-0.2, 0) is 6.54 Å². The molecular weight excluding hydrogens is 280 g/mol. The zero-order chi connectivity index (χ0) is 15.7. The van der Waals surface area contributed by atoms with Crippen LogP contribution in [0.1, 0.15) is 18.9 Å². The molecule has 0 amide bonds. The molecule has 1 unspecified atom stereocenters. The van der Waals surface area contributed by atoms with Crippen molar-refractivity contribution >= 4 is 0 Å². The molecule has 2 aliphatic rings. The van der Waals surface area contributed by atoms with Crippen molar-refractivity contribution in [3.8, 4) is 11.5 Å². The zero-order valence-corrected chi connectivity index (χ0v) is 13.7. The van der Waals surface area contributed by atoms with Crippen LogP contribution < -0.4 is 9.47 Å². The van der Waals surface area contributed by atoms with E-state index in [4.69, 9.17) is 9.47 Å². The van der Waals surface area contributed by atoms with Crippen LogP contribution in [0.5, 0.6) is 11.5 Å². The van der Waals surface area contributed by atoms with E-state index in [9.17, 15) is 5.11 Å². The lowest BCUT2D eigenvalue weighted by molar-refractivity contribution is 0.0523. The molecule has 3 rings (SSSR count). The van der Waals surface area contributed by atoms with Crippen molar-refractivity contribution in [3.63, 3.8) is 0 Å². The molecule has 2 saturated heterocycles. The van der Waals surface area contributed by atoms with Crippen molar-refractivity contribution in [1.82, 2.24) is 9.80 Å². The molecule has 3 atom stereocenters. The van der Waals surface area contributed by atoms with Gasteiger partial charge in [-0.15, -0.1) is 0 Å². The lowest BCUT2D eigenvalue weighted by Gasteiger charge is -2.42. The van der Waals surface area contributed by atoms with E-state index in [0.717, 1.165) is 44.1 Å². The van der Waals surface area contributed by atoms with Crippen molar-refractivity contribution in [2.45, 2.75) is 38.1 Å². The van der Waals surface area contributed by atoms with Gasteiger partial charge in [-0.25, -0.2) is 0 Å². The molecule has 1 N–H and O–H groups in total. The van der Waals surface area contributed by atoms with Gasteiger partial charge in [0.1, 0.15) is 11.5 Å². The highest BCUT2D eigenvalue weighted by Gasteiger charge is 2.38. The third-order valence-electron chi connectivity index (χ3n) is 4.94. The molecule has 5 nitrogen and oxygen atoms in total. The van der Waals surface area contributed by atoms with Gasteiger partial charge in [0, 0.05) is 49.9 Å². The SMILES string of the molecule is COc1ccc(CN2CC3C[C@@H](O)CN3C[C@H]2C)c(OC)c1. The summed E-state index contributed by atoms with van der Waals surface area (Å²) in [6, 6.07) is 6.97. The Labute approximate surface area is 132 Å². The Hall–Kier alpha value is -1.30. The second kappa shape index (κ2) is 6.44. The van der Waals surface area contributed by atoms with Crippen molar-refractivity contribution in [2.75, 3.05) is 33.9 Å². The molecule has 0 aromatic heterocycles. The summed E-state index contributed by atoms with van der Waals surface area (Å²) in [6.45, 7) is 5.99. The van der Waals surface area contributed by atoms with Gasteiger partial charge < -0.3 is 14.6 Å². The van der Waals surface area contributed by atoms with Crippen LogP contribution in [0.15, 0.2) is 18.2 Å². The molecule has 2 aliphatic heterocycles. The standard InChI is InChI=1S/C17H26N2O3/c1-12-8-19-11-15(20)6-14(19)10-18(12)9-13-4-5-16(21-2)7-17(13)22-3/h4-5,7,12,14-15,20H,6,8-11H2,1-3H3/t12-,14?,15-/m1/s1. The van der Waals surface area contributed by atoms with E-state index in [1.165, 1.54) is 5.56 Å². The van der Waals surface area contributed by atoms with Gasteiger partial charge in [0.25, 0.3) is 0 Å². The van der Waals surface area contributed by atoms with Gasteiger partial charge in [0.2, 0.25) is 0 Å². The maximum atomic E-state index is 9.87. The molecule has 5 heteroatoms. The smallest absolute Gasteiger partial charge is 0.127 e. The summed E-state index contributed by atoms with van der Waals surface area (Å²) in [6.07, 6.45) is 0.732. The monoisotopic (exact) mass is 306 g/mol. The molecule has 1 aromatic carbocycles. The molecule has 0 spiro atoms. The molecule has 2 fully saturated rings. The number of rotatable bonds is 4. The predicted molar refractivity (Wildman–Crippen MR) is 85.4 cm³/mol. The highest BCUT2D eigenvalue weighted by Crippen LogP contribution is 2.30. The Balaban J connectivity index is 1.72. The maximum Gasteiger partial charge on any atom is 0.127 e. The number of methoxy groups -OCH3 is 2. The zero-order valence-electron chi connectivity index (χ0n) is 13.7. The molecule has 0 aliphatic carbocycles. The third kappa shape index (κ3) is 3.07. The first-order chi connectivity index (χ1) is 10.6. The minimum Gasteiger partial charge on any atom is -0.497 e. The third-order valence-corrected chi connectivity index (χ3v) is 4.94. The predicted octanol–water partition coefficient (Wildman–Crippen LogP) is 1.34. The average molecular weight is 306 g/mol. The Morgan fingerprint density at radius 2 is 2.00 bits per heavy atom. The number of benzene rings is 1. The van der Waals surface area contributed by atoms with E-state index in [1.807, 2.05) is 12.1 Å². The molecule has 2 heterocycles. The number of hydrogen-bond acceptors (Lipinski definition) is 5. The number of hydrogen-bond donors (Lipinski definition) is 1. The minimum absolute atomic E-state index is 0.160. The molecule has 0 radical (unpaired) electrons. The van der Waals surface area contributed by atoms with E-state index in [1.54, 1.807) is 14.2 Å². The topological polar surface area (TPSA) is 45.2 Å². The van der Waals surface area contributed by atoms with Crippen LogP contribution in [0.25, 0.3) is 0 Å². The van der Waals surface area contributed by atoms with Gasteiger partial charge in [-0.2, -0.15) is 0 Å². The largest absolute Gasteiger partial charge is 0.497 e. The number of aliphatic hydroxyl groups excluding tert-OH is 1. The quantitative estimate of drug-likeness (QED) is 0.909. The Kier molecular flexibility index (Phi) is 4.57. The summed E-state index contributed by atoms with van der Waals surface area (Å²) < 4.78 is 10.8. The van der Waals surface area contributed by atoms with E-state index in [-0.39, 0.29) is 6.10 Å². The van der Waals surface area contributed by atoms with Crippen molar-refractivity contribution in [3.05, 3.63) is 23.8 Å². The number of ether oxygens (including phenoxy) is 2. The average Bonchev–Trinajstić information content (AvgIpc) is 2.87. The summed E-state index contributed by atoms with van der Waals surface area (Å²) in [5, 5.41) is 9.87. The van der Waals surface area contributed by atoms with Crippen LogP contribution in [-0.4, -0.2) is 66.9 Å². The highest BCUT2D eigenvalue weighted by atomic mass is 16.5. The van der Waals surface area contributed by atoms with Gasteiger partial charge >= 0.3 is 0 Å². The fourth-order valence-corrected chi connectivity index (χ4v) is 3.70. The lowest BCUT2D eigenvalue weighted by atomic mass is 10.1. The molecule has 22 heavy (non-hydrogen) atoms. The fourth-order valence-electron chi connectivity index (χ4n) is 3.70. The minimum atomic E-state index is -0.160. The van der Waals surface area contributed by atoms with E-state index >= 15 is 0 Å². The molecule has 0 bridgehead atoms. The summed E-state index contributed by atoms with van der Waals surface area (Å²) in [4.78, 5) is 4.92. The highest BCUT2D eigenvalue weighted by molar-refractivity contribution is 5.40. The van der Waals surface area contributed by atoms with E-state index < -0.39 is 0 Å². The van der Waals surface area contributed by atoms with Crippen molar-refractivity contribution in [2.24, 2.45) is 0 Å². The second-order valence-electron chi connectivity index (χ2n) is 6.45. The number of aliphatic hydroxyl groups is 1. The van der Waals surface area contributed by atoms with E-state index in [0.29, 0.717) is 12.1 Å². The van der Waals surface area contributed by atoms with Crippen molar-refractivity contribution < 1.29 is 14.6 Å². The Morgan fingerprint density at radius 3 is 2.73 bits per heavy atom. The fraction of sp³-hybridized carbons (Fsp3) is 0.647. The number of piperazine rings is 1. The molecule has 122 valence electrons. The van der Waals surface area contributed by atoms with Gasteiger partial charge in [-0.1, -0.05) is 6.07 Å². The van der Waals surface area contributed by atoms with Crippen LogP contribution in [0.2, 0.25) is 0 Å². The summed E-state index contributed by atoms with van der Waals surface area (Å²) in [5.41, 5.74) is 1.18. The summed E-state index contributed by atoms with van der Waals surface area (Å²) in [7, 11) is 3.37. The maximum absolute atomic E-state index is 9.87. The van der Waals surface area contributed by atoms with E-state index in [2.05, 4.69) is 22.8 Å². The molecular formula is C17H26N2O3. The van der Waals surface area contributed by atoms with Gasteiger partial charge in [-0.3, -0.25) is 9.80 Å². The number of nitrogens with zero attached hydrogens (tertiary/aromatic N) is 2. The van der Waals surface area contributed by atoms with Crippen molar-refractivity contribution in [1.29, 1.82) is 0 Å². The molecule has 1 aromatic rings. The first-order valence-corrected chi connectivity index (χ1v) is 7.97. The van der Waals surface area contributed by atoms with Gasteiger partial charge in [0.05, 0.1) is 20.3 Å². The van der Waals surface area contributed by atoms with Gasteiger partial charge in [0.15, 0.2) is 0 Å². The Morgan fingerprint density at radius 1 is 1.18 bits per heavy atom. The summed E-state index contributed by atoms with van der Waals surface area (Å²) in [5.74, 6) is 1.69. The van der Waals surface area contributed by atoms with Crippen LogP contribution in [0, 0.1) is 0 Å². The van der Waals surface area contributed by atoms with Gasteiger partial charge in [-0.05, 0) is 19.4 Å². The van der Waals surface area contributed by atoms with Crippen LogP contribution >= 0.6 is 0 Å². The first kappa shape index (κ1) is 15.6. The van der Waals surface area contributed by atoms with Crippen LogP contribution in [0.4, 0.5) is 0 Å². The lowest BCUT2D eigenvalue weighted by Crippen LogP contribution is -2.54. The summed E-state index contributed by atoms with van der Waals surface area (Å²) >= 11 is 0. The molecule has 0 saturated carbocycles. The second-order valence-corrected chi connectivity index (χ2v) is 6.45. The first-order valence-electron chi connectivity index (χ1n) is 7.97. The normalized spacial score (nSPS) is 29.4.